The van der Waals surface area contributed by atoms with E-state index >= 15 is 0 Å². The minimum atomic E-state index is -0.499. The van der Waals surface area contributed by atoms with Gasteiger partial charge >= 0.3 is 5.97 Å². The SMILES string of the molecule is Cc1cc(=O)n2nc(COC(=O)/C=C/c3ccc(Cl)cc3)sc2n1. The first kappa shape index (κ1) is 16.4. The Morgan fingerprint density at radius 2 is 2.12 bits per heavy atom. The van der Waals surface area contributed by atoms with Crippen LogP contribution >= 0.6 is 22.9 Å². The molecular formula is C16H12ClN3O3S. The second kappa shape index (κ2) is 6.94. The zero-order valence-electron chi connectivity index (χ0n) is 12.6. The number of hydrogen-bond acceptors (Lipinski definition) is 6. The normalized spacial score (nSPS) is 11.2. The Labute approximate surface area is 146 Å². The molecule has 0 saturated heterocycles. The highest BCUT2D eigenvalue weighted by Crippen LogP contribution is 2.13. The molecule has 0 N–H and O–H groups in total. The molecule has 6 nitrogen and oxygen atoms in total. The van der Waals surface area contributed by atoms with Crippen LogP contribution in [0, 0.1) is 6.92 Å². The summed E-state index contributed by atoms with van der Waals surface area (Å²) >= 11 is 7.00. The van der Waals surface area contributed by atoms with Gasteiger partial charge in [-0.3, -0.25) is 4.79 Å². The van der Waals surface area contributed by atoms with E-state index in [4.69, 9.17) is 16.3 Å². The molecule has 0 bridgehead atoms. The van der Waals surface area contributed by atoms with Gasteiger partial charge in [-0.25, -0.2) is 9.78 Å². The summed E-state index contributed by atoms with van der Waals surface area (Å²) in [6, 6.07) is 8.46. The molecule has 0 aliphatic carbocycles. The monoisotopic (exact) mass is 361 g/mol. The van der Waals surface area contributed by atoms with Crippen molar-refractivity contribution < 1.29 is 9.53 Å². The summed E-state index contributed by atoms with van der Waals surface area (Å²) in [6.45, 7) is 1.72. The first-order chi connectivity index (χ1) is 11.5. The smallest absolute Gasteiger partial charge is 0.331 e. The molecule has 8 heteroatoms. The van der Waals surface area contributed by atoms with Crippen molar-refractivity contribution in [3.63, 3.8) is 0 Å². The van der Waals surface area contributed by atoms with E-state index in [0.717, 1.165) is 5.56 Å². The van der Waals surface area contributed by atoms with Gasteiger partial charge in [0.25, 0.3) is 5.56 Å². The van der Waals surface area contributed by atoms with Gasteiger partial charge in [0, 0.05) is 22.9 Å². The van der Waals surface area contributed by atoms with Crippen LogP contribution in [0.15, 0.2) is 41.2 Å². The molecule has 0 radical (unpaired) electrons. The van der Waals surface area contributed by atoms with E-state index in [1.54, 1.807) is 37.3 Å². The van der Waals surface area contributed by atoms with Gasteiger partial charge in [-0.15, -0.1) is 0 Å². The zero-order valence-corrected chi connectivity index (χ0v) is 14.2. The molecule has 122 valence electrons. The lowest BCUT2D eigenvalue weighted by molar-refractivity contribution is -0.138. The molecule has 0 spiro atoms. The Balaban J connectivity index is 1.65. The number of carbonyl (C=O) groups excluding carboxylic acids is 1. The van der Waals surface area contributed by atoms with Crippen molar-refractivity contribution in [3.05, 3.63) is 68.0 Å². The maximum absolute atomic E-state index is 11.8. The van der Waals surface area contributed by atoms with Gasteiger partial charge in [0.1, 0.15) is 6.61 Å². The summed E-state index contributed by atoms with van der Waals surface area (Å²) in [5.74, 6) is -0.499. The number of halogens is 1. The number of aryl methyl sites for hydroxylation is 1. The molecule has 0 unspecified atom stereocenters. The van der Waals surface area contributed by atoms with Gasteiger partial charge in [-0.2, -0.15) is 9.61 Å². The summed E-state index contributed by atoms with van der Waals surface area (Å²) in [6.07, 6.45) is 2.96. The number of esters is 1. The van der Waals surface area contributed by atoms with Crippen molar-refractivity contribution in [1.82, 2.24) is 14.6 Å². The third kappa shape index (κ3) is 3.87. The summed E-state index contributed by atoms with van der Waals surface area (Å²) in [5.41, 5.74) is 1.20. The number of benzene rings is 1. The van der Waals surface area contributed by atoms with Crippen LogP contribution in [0.5, 0.6) is 0 Å². The third-order valence-electron chi connectivity index (χ3n) is 3.03. The molecule has 0 atom stereocenters. The average Bonchev–Trinajstić information content (AvgIpc) is 2.95. The maximum atomic E-state index is 11.8. The van der Waals surface area contributed by atoms with Crippen LogP contribution in [0.3, 0.4) is 0 Å². The summed E-state index contributed by atoms with van der Waals surface area (Å²) in [7, 11) is 0. The van der Waals surface area contributed by atoms with E-state index < -0.39 is 5.97 Å². The minimum absolute atomic E-state index is 0.0176. The first-order valence-electron chi connectivity index (χ1n) is 6.98. The zero-order chi connectivity index (χ0) is 17.1. The van der Waals surface area contributed by atoms with Crippen LogP contribution in [0.2, 0.25) is 5.02 Å². The van der Waals surface area contributed by atoms with E-state index in [2.05, 4.69) is 10.1 Å². The number of rotatable bonds is 4. The molecule has 3 rings (SSSR count). The topological polar surface area (TPSA) is 73.6 Å². The Hall–Kier alpha value is -2.51. The van der Waals surface area contributed by atoms with Crippen molar-refractivity contribution in [2.45, 2.75) is 13.5 Å². The Morgan fingerprint density at radius 1 is 1.38 bits per heavy atom. The Kier molecular flexibility index (Phi) is 4.73. The van der Waals surface area contributed by atoms with Crippen molar-refractivity contribution in [1.29, 1.82) is 0 Å². The fourth-order valence-electron chi connectivity index (χ4n) is 1.94. The lowest BCUT2D eigenvalue weighted by Crippen LogP contribution is -2.14. The van der Waals surface area contributed by atoms with Gasteiger partial charge in [-0.1, -0.05) is 35.1 Å². The van der Waals surface area contributed by atoms with E-state index in [9.17, 15) is 9.59 Å². The van der Waals surface area contributed by atoms with Gasteiger partial charge < -0.3 is 4.74 Å². The summed E-state index contributed by atoms with van der Waals surface area (Å²) in [4.78, 5) is 28.2. The van der Waals surface area contributed by atoms with Crippen LogP contribution < -0.4 is 5.56 Å². The second-order valence-electron chi connectivity index (χ2n) is 4.92. The van der Waals surface area contributed by atoms with E-state index in [1.807, 2.05) is 0 Å². The van der Waals surface area contributed by atoms with Crippen molar-refractivity contribution >= 4 is 39.9 Å². The molecule has 24 heavy (non-hydrogen) atoms. The number of hydrogen-bond donors (Lipinski definition) is 0. The van der Waals surface area contributed by atoms with Crippen LogP contribution in [-0.2, 0) is 16.1 Å². The van der Waals surface area contributed by atoms with E-state index in [1.165, 1.54) is 28.0 Å². The van der Waals surface area contributed by atoms with Crippen LogP contribution in [0.1, 0.15) is 16.3 Å². The molecule has 2 heterocycles. The highest BCUT2D eigenvalue weighted by molar-refractivity contribution is 7.16. The van der Waals surface area contributed by atoms with Crippen LogP contribution in [0.4, 0.5) is 0 Å². The molecule has 0 fully saturated rings. The third-order valence-corrected chi connectivity index (χ3v) is 4.17. The molecule has 0 aliphatic heterocycles. The maximum Gasteiger partial charge on any atom is 0.331 e. The van der Waals surface area contributed by atoms with E-state index in [0.29, 0.717) is 20.7 Å². The van der Waals surface area contributed by atoms with Gasteiger partial charge in [-0.05, 0) is 30.7 Å². The second-order valence-corrected chi connectivity index (χ2v) is 6.40. The highest BCUT2D eigenvalue weighted by Gasteiger charge is 2.09. The van der Waals surface area contributed by atoms with Gasteiger partial charge in [0.05, 0.1) is 0 Å². The lowest BCUT2D eigenvalue weighted by Gasteiger charge is -1.97. The molecule has 0 amide bonds. The number of aromatic nitrogens is 3. The van der Waals surface area contributed by atoms with Crippen molar-refractivity contribution in [2.24, 2.45) is 0 Å². The van der Waals surface area contributed by atoms with Crippen molar-refractivity contribution in [3.8, 4) is 0 Å². The predicted octanol–water partition coefficient (Wildman–Crippen LogP) is 2.87. The summed E-state index contributed by atoms with van der Waals surface area (Å²) < 4.78 is 6.32. The molecule has 3 aromatic rings. The summed E-state index contributed by atoms with van der Waals surface area (Å²) in [5, 5.41) is 5.23. The van der Waals surface area contributed by atoms with Gasteiger partial charge in [0.15, 0.2) is 5.01 Å². The van der Waals surface area contributed by atoms with Crippen LogP contribution in [0.25, 0.3) is 11.0 Å². The molecule has 1 aromatic carbocycles. The quantitative estimate of drug-likeness (QED) is 0.527. The van der Waals surface area contributed by atoms with Crippen molar-refractivity contribution in [2.75, 3.05) is 0 Å². The average molecular weight is 362 g/mol. The molecule has 0 aliphatic rings. The fraction of sp³-hybridized carbons (Fsp3) is 0.125. The molecule has 0 saturated carbocycles. The minimum Gasteiger partial charge on any atom is -0.455 e. The largest absolute Gasteiger partial charge is 0.455 e. The van der Waals surface area contributed by atoms with Crippen LogP contribution in [-0.4, -0.2) is 20.6 Å². The molecular weight excluding hydrogens is 350 g/mol. The fourth-order valence-corrected chi connectivity index (χ4v) is 2.92. The lowest BCUT2D eigenvalue weighted by atomic mass is 10.2. The standard InChI is InChI=1S/C16H12ClN3O3S/c1-10-8-14(21)20-16(18-10)24-13(19-20)9-23-15(22)7-4-11-2-5-12(17)6-3-11/h2-8H,9H2,1H3/b7-4+. The Morgan fingerprint density at radius 3 is 2.88 bits per heavy atom. The highest BCUT2D eigenvalue weighted by atomic mass is 35.5. The predicted molar refractivity (Wildman–Crippen MR) is 92.2 cm³/mol. The van der Waals surface area contributed by atoms with E-state index in [-0.39, 0.29) is 12.2 Å². The number of ether oxygens (including phenoxy) is 1. The number of fused-ring (bicyclic) bond motifs is 1. The molecule has 2 aromatic heterocycles. The first-order valence-corrected chi connectivity index (χ1v) is 8.17. The number of carbonyl (C=O) groups is 1. The van der Waals surface area contributed by atoms with Gasteiger partial charge in [0.2, 0.25) is 4.96 Å². The Bertz CT molecular complexity index is 976. The number of nitrogens with zero attached hydrogens (tertiary/aromatic N) is 3.